The largest absolute Gasteiger partial charge is 0.466 e. The van der Waals surface area contributed by atoms with Gasteiger partial charge >= 0.3 is 5.97 Å². The Bertz CT molecular complexity index is 317. The zero-order valence-corrected chi connectivity index (χ0v) is 12.4. The van der Waals surface area contributed by atoms with Gasteiger partial charge in [0.25, 0.3) is 0 Å². The van der Waals surface area contributed by atoms with E-state index in [0.717, 1.165) is 25.0 Å². The van der Waals surface area contributed by atoms with Gasteiger partial charge in [-0.2, -0.15) is 0 Å². The van der Waals surface area contributed by atoms with Gasteiger partial charge < -0.3 is 8.92 Å². The SMILES string of the molecule is CCOC(=O)C1(C)CC=C(OS(C)(C)C)CC1. The predicted molar refractivity (Wildman–Crippen MR) is 73.1 cm³/mol. The molecule has 0 aliphatic heterocycles. The lowest BCUT2D eigenvalue weighted by atomic mass is 9.78. The highest BCUT2D eigenvalue weighted by Gasteiger charge is 2.36. The Morgan fingerprint density at radius 1 is 1.47 bits per heavy atom. The molecule has 1 aliphatic carbocycles. The molecule has 1 aliphatic rings. The van der Waals surface area contributed by atoms with Crippen molar-refractivity contribution in [2.24, 2.45) is 5.41 Å². The van der Waals surface area contributed by atoms with E-state index < -0.39 is 10.3 Å². The van der Waals surface area contributed by atoms with E-state index in [-0.39, 0.29) is 11.4 Å². The molecule has 0 aromatic carbocycles. The van der Waals surface area contributed by atoms with Crippen molar-refractivity contribution in [3.63, 3.8) is 0 Å². The van der Waals surface area contributed by atoms with Gasteiger partial charge in [0.15, 0.2) is 0 Å². The number of hydrogen-bond acceptors (Lipinski definition) is 3. The van der Waals surface area contributed by atoms with Gasteiger partial charge in [-0.1, -0.05) is 0 Å². The van der Waals surface area contributed by atoms with Gasteiger partial charge in [-0.15, -0.1) is 10.3 Å². The average molecular weight is 260 g/mol. The second-order valence-corrected chi connectivity index (χ2v) is 9.08. The number of hydrogen-bond donors (Lipinski definition) is 0. The third-order valence-corrected chi connectivity index (χ3v) is 3.54. The maximum Gasteiger partial charge on any atom is 0.312 e. The van der Waals surface area contributed by atoms with E-state index in [1.54, 1.807) is 0 Å². The van der Waals surface area contributed by atoms with Crippen LogP contribution < -0.4 is 0 Å². The van der Waals surface area contributed by atoms with Crippen molar-refractivity contribution in [3.8, 4) is 0 Å². The lowest BCUT2D eigenvalue weighted by Gasteiger charge is -2.34. The van der Waals surface area contributed by atoms with E-state index in [2.05, 4.69) is 24.8 Å². The number of esters is 1. The Labute approximate surface area is 106 Å². The summed E-state index contributed by atoms with van der Waals surface area (Å²) in [6.07, 6.45) is 10.8. The Morgan fingerprint density at radius 2 is 2.12 bits per heavy atom. The van der Waals surface area contributed by atoms with Crippen molar-refractivity contribution >= 4 is 16.3 Å². The molecule has 1 atom stereocenters. The van der Waals surface area contributed by atoms with E-state index >= 15 is 0 Å². The molecule has 3 nitrogen and oxygen atoms in total. The molecular formula is C13H24O3S. The smallest absolute Gasteiger partial charge is 0.312 e. The van der Waals surface area contributed by atoms with Crippen LogP contribution in [0, 0.1) is 5.41 Å². The topological polar surface area (TPSA) is 35.5 Å². The van der Waals surface area contributed by atoms with Crippen molar-refractivity contribution in [1.29, 1.82) is 0 Å². The van der Waals surface area contributed by atoms with Gasteiger partial charge in [0.1, 0.15) is 5.76 Å². The van der Waals surface area contributed by atoms with Crippen molar-refractivity contribution < 1.29 is 13.7 Å². The Morgan fingerprint density at radius 3 is 2.53 bits per heavy atom. The van der Waals surface area contributed by atoms with Crippen LogP contribution >= 0.6 is 10.3 Å². The molecule has 0 radical (unpaired) electrons. The lowest BCUT2D eigenvalue weighted by Crippen LogP contribution is -2.31. The predicted octanol–water partition coefficient (Wildman–Crippen LogP) is 3.25. The number of carbonyl (C=O) groups excluding carboxylic acids is 1. The monoisotopic (exact) mass is 260 g/mol. The van der Waals surface area contributed by atoms with Crippen LogP contribution in [0.25, 0.3) is 0 Å². The Hall–Kier alpha value is -0.640. The van der Waals surface area contributed by atoms with Crippen molar-refractivity contribution in [1.82, 2.24) is 0 Å². The van der Waals surface area contributed by atoms with E-state index in [9.17, 15) is 4.79 Å². The number of ether oxygens (including phenoxy) is 1. The summed E-state index contributed by atoms with van der Waals surface area (Å²) in [4.78, 5) is 11.8. The van der Waals surface area contributed by atoms with Crippen molar-refractivity contribution in [2.75, 3.05) is 25.4 Å². The lowest BCUT2D eigenvalue weighted by molar-refractivity contribution is -0.155. The number of allylic oxidation sites excluding steroid dienone is 2. The first kappa shape index (κ1) is 14.4. The van der Waals surface area contributed by atoms with Crippen LogP contribution in [0.15, 0.2) is 11.8 Å². The molecule has 0 saturated heterocycles. The van der Waals surface area contributed by atoms with Crippen LogP contribution in [0.4, 0.5) is 0 Å². The zero-order chi connectivity index (χ0) is 13.1. The minimum atomic E-state index is -0.976. The molecule has 100 valence electrons. The number of rotatable bonds is 4. The molecule has 0 saturated carbocycles. The Balaban J connectivity index is 2.62. The molecule has 1 unspecified atom stereocenters. The molecular weight excluding hydrogens is 236 g/mol. The minimum absolute atomic E-state index is 0.0848. The van der Waals surface area contributed by atoms with Gasteiger partial charge in [0, 0.05) is 6.42 Å². The molecule has 1 rings (SSSR count). The van der Waals surface area contributed by atoms with Crippen LogP contribution in [0.2, 0.25) is 0 Å². The molecule has 0 bridgehead atoms. The normalized spacial score (nSPS) is 26.1. The molecule has 0 aromatic heterocycles. The fourth-order valence-corrected chi connectivity index (χ4v) is 2.62. The van der Waals surface area contributed by atoms with E-state index in [0.29, 0.717) is 6.61 Å². The highest BCUT2D eigenvalue weighted by atomic mass is 32.3. The fourth-order valence-electron chi connectivity index (χ4n) is 1.83. The first-order valence-electron chi connectivity index (χ1n) is 6.01. The van der Waals surface area contributed by atoms with Crippen LogP contribution in [0.5, 0.6) is 0 Å². The third kappa shape index (κ3) is 4.26. The third-order valence-electron chi connectivity index (χ3n) is 2.83. The summed E-state index contributed by atoms with van der Waals surface area (Å²) < 4.78 is 11.0. The summed E-state index contributed by atoms with van der Waals surface area (Å²) in [5.41, 5.74) is -0.365. The van der Waals surface area contributed by atoms with E-state index in [1.165, 1.54) is 0 Å². The second-order valence-electron chi connectivity index (χ2n) is 5.46. The standard InChI is InChI=1S/C13H24O3S/c1-6-15-12(14)13(2)9-7-11(8-10-13)16-17(3,4)5/h7H,6,8-10H2,1-5H3. The molecule has 0 N–H and O–H groups in total. The molecule has 0 aromatic rings. The summed E-state index contributed by atoms with van der Waals surface area (Å²) in [6.45, 7) is 4.27. The van der Waals surface area contributed by atoms with Crippen molar-refractivity contribution in [2.45, 2.75) is 33.1 Å². The van der Waals surface area contributed by atoms with Gasteiger partial charge in [0.2, 0.25) is 0 Å². The first-order chi connectivity index (χ1) is 7.77. The molecule has 0 fully saturated rings. The highest BCUT2D eigenvalue weighted by molar-refractivity contribution is 8.28. The molecule has 4 heteroatoms. The summed E-state index contributed by atoms with van der Waals surface area (Å²) in [6, 6.07) is 0. The first-order valence-corrected chi connectivity index (χ1v) is 8.79. The molecule has 0 amide bonds. The quantitative estimate of drug-likeness (QED) is 0.728. The summed E-state index contributed by atoms with van der Waals surface area (Å²) in [5.74, 6) is 0.952. The zero-order valence-electron chi connectivity index (χ0n) is 11.5. The van der Waals surface area contributed by atoms with Gasteiger partial charge in [-0.05, 0) is 51.5 Å². The van der Waals surface area contributed by atoms with E-state index in [1.807, 2.05) is 13.8 Å². The van der Waals surface area contributed by atoms with Crippen LogP contribution in [0.1, 0.15) is 33.1 Å². The van der Waals surface area contributed by atoms with Crippen LogP contribution in [0.3, 0.4) is 0 Å². The van der Waals surface area contributed by atoms with Crippen LogP contribution in [-0.4, -0.2) is 31.3 Å². The summed E-state index contributed by atoms with van der Waals surface area (Å²) in [5, 5.41) is 0. The second kappa shape index (κ2) is 5.34. The summed E-state index contributed by atoms with van der Waals surface area (Å²) in [7, 11) is -0.976. The van der Waals surface area contributed by atoms with Crippen molar-refractivity contribution in [3.05, 3.63) is 11.8 Å². The fraction of sp³-hybridized carbons (Fsp3) is 0.769. The van der Waals surface area contributed by atoms with E-state index in [4.69, 9.17) is 8.92 Å². The van der Waals surface area contributed by atoms with Gasteiger partial charge in [-0.25, -0.2) is 0 Å². The molecule has 17 heavy (non-hydrogen) atoms. The maximum absolute atomic E-state index is 11.8. The Kier molecular flexibility index (Phi) is 4.53. The number of carbonyl (C=O) groups is 1. The van der Waals surface area contributed by atoms with Gasteiger partial charge in [0.05, 0.1) is 12.0 Å². The summed E-state index contributed by atoms with van der Waals surface area (Å²) >= 11 is 0. The average Bonchev–Trinajstić information content (AvgIpc) is 2.20. The van der Waals surface area contributed by atoms with Gasteiger partial charge in [-0.3, -0.25) is 4.79 Å². The minimum Gasteiger partial charge on any atom is -0.466 e. The molecule has 0 spiro atoms. The highest BCUT2D eigenvalue weighted by Crippen LogP contribution is 2.44. The van der Waals surface area contributed by atoms with Crippen LogP contribution in [-0.2, 0) is 13.7 Å². The maximum atomic E-state index is 11.8. The molecule has 0 heterocycles.